The predicted octanol–water partition coefficient (Wildman–Crippen LogP) is 2.67. The van der Waals surface area contributed by atoms with Gasteiger partial charge in [-0.25, -0.2) is 4.79 Å². The molecule has 0 spiro atoms. The summed E-state index contributed by atoms with van der Waals surface area (Å²) in [6, 6.07) is 5.14. The van der Waals surface area contributed by atoms with Gasteiger partial charge in [0.25, 0.3) is 0 Å². The van der Waals surface area contributed by atoms with Crippen LogP contribution in [0.3, 0.4) is 0 Å². The average Bonchev–Trinajstić information content (AvgIpc) is 3.01. The first kappa shape index (κ1) is 15.1. The number of carbonyl (C=O) groups excluding carboxylic acids is 1. The lowest BCUT2D eigenvalue weighted by Gasteiger charge is -2.28. The Morgan fingerprint density at radius 3 is 2.86 bits per heavy atom. The van der Waals surface area contributed by atoms with E-state index >= 15 is 0 Å². The van der Waals surface area contributed by atoms with E-state index in [1.165, 1.54) is 0 Å². The third kappa shape index (κ3) is 1.98. The first-order valence-corrected chi connectivity index (χ1v) is 7.86. The molecule has 6 heteroatoms. The first-order valence-electron chi connectivity index (χ1n) is 7.48. The van der Waals surface area contributed by atoms with Gasteiger partial charge in [-0.2, -0.15) is 5.26 Å². The van der Waals surface area contributed by atoms with Crippen molar-refractivity contribution in [2.75, 3.05) is 11.4 Å². The normalized spacial score (nSPS) is 27.2. The predicted molar refractivity (Wildman–Crippen MR) is 84.0 cm³/mol. The third-order valence-corrected chi connectivity index (χ3v) is 5.24. The molecule has 0 aromatic heterocycles. The van der Waals surface area contributed by atoms with Crippen molar-refractivity contribution < 1.29 is 9.90 Å². The maximum absolute atomic E-state index is 12.8. The summed E-state index contributed by atoms with van der Waals surface area (Å²) in [7, 11) is 0. The van der Waals surface area contributed by atoms with E-state index in [-0.39, 0.29) is 18.1 Å². The number of rotatable bonds is 2. The summed E-state index contributed by atoms with van der Waals surface area (Å²) in [5.74, 6) is 0. The van der Waals surface area contributed by atoms with Crippen LogP contribution >= 0.6 is 11.6 Å². The number of benzene rings is 1. The number of aliphatic hydroxyl groups is 1. The summed E-state index contributed by atoms with van der Waals surface area (Å²) < 4.78 is 0. The van der Waals surface area contributed by atoms with Crippen molar-refractivity contribution in [3.05, 3.63) is 28.3 Å². The largest absolute Gasteiger partial charge is 0.391 e. The zero-order valence-electron chi connectivity index (χ0n) is 12.6. The molecule has 0 saturated carbocycles. The Hall–Kier alpha value is -1.77. The summed E-state index contributed by atoms with van der Waals surface area (Å²) in [5, 5.41) is 19.6. The molecule has 116 valence electrons. The number of hydrogen-bond donors (Lipinski definition) is 1. The molecule has 2 aliphatic heterocycles. The fourth-order valence-corrected chi connectivity index (χ4v) is 3.85. The van der Waals surface area contributed by atoms with Crippen LogP contribution in [0.2, 0.25) is 5.02 Å². The standard InChI is InChI=1S/C16H18ClN3O2/c1-3-11-15-13(21)6-7-19(15)16(22)20(11)12-5-4-10(8-18)14(17)9(12)2/h4-5,11,13,15,21H,3,6-7H2,1-2H3/t11-,13-,15+/m0/s1. The Balaban J connectivity index is 2.07. The van der Waals surface area contributed by atoms with Crippen LogP contribution in [0.15, 0.2) is 12.1 Å². The molecule has 2 amide bonds. The van der Waals surface area contributed by atoms with Gasteiger partial charge in [0.15, 0.2) is 0 Å². The molecule has 0 radical (unpaired) electrons. The molecule has 2 fully saturated rings. The fraction of sp³-hybridized carbons (Fsp3) is 0.500. The Bertz CT molecular complexity index is 670. The van der Waals surface area contributed by atoms with Crippen LogP contribution in [0.1, 0.15) is 30.9 Å². The van der Waals surface area contributed by atoms with Gasteiger partial charge in [-0.05, 0) is 37.5 Å². The molecule has 2 aliphatic rings. The van der Waals surface area contributed by atoms with E-state index in [9.17, 15) is 9.90 Å². The van der Waals surface area contributed by atoms with Gasteiger partial charge in [0, 0.05) is 6.54 Å². The van der Waals surface area contributed by atoms with Gasteiger partial charge in [0.1, 0.15) is 6.07 Å². The lowest BCUT2D eigenvalue weighted by molar-refractivity contribution is 0.129. The number of aliphatic hydroxyl groups excluding tert-OH is 1. The van der Waals surface area contributed by atoms with Crippen LogP contribution in [0, 0.1) is 18.3 Å². The Morgan fingerprint density at radius 1 is 1.50 bits per heavy atom. The highest BCUT2D eigenvalue weighted by Crippen LogP contribution is 2.39. The summed E-state index contributed by atoms with van der Waals surface area (Å²) >= 11 is 6.24. The third-order valence-electron chi connectivity index (χ3n) is 4.75. The Labute approximate surface area is 134 Å². The molecule has 0 bridgehead atoms. The number of halogens is 1. The minimum absolute atomic E-state index is 0.0762. The van der Waals surface area contributed by atoms with E-state index < -0.39 is 6.10 Å². The zero-order valence-corrected chi connectivity index (χ0v) is 13.3. The van der Waals surface area contributed by atoms with Crippen LogP contribution < -0.4 is 4.90 Å². The summed E-state index contributed by atoms with van der Waals surface area (Å²) in [4.78, 5) is 16.2. The highest BCUT2D eigenvalue weighted by molar-refractivity contribution is 6.33. The van der Waals surface area contributed by atoms with Gasteiger partial charge in [-0.1, -0.05) is 18.5 Å². The minimum atomic E-state index is -0.479. The molecule has 3 rings (SSSR count). The number of anilines is 1. The van der Waals surface area contributed by atoms with Gasteiger partial charge in [-0.3, -0.25) is 4.90 Å². The van der Waals surface area contributed by atoms with Gasteiger partial charge in [0.2, 0.25) is 0 Å². The molecule has 1 aromatic carbocycles. The molecule has 1 N–H and O–H groups in total. The number of fused-ring (bicyclic) bond motifs is 1. The molecule has 2 saturated heterocycles. The van der Waals surface area contributed by atoms with E-state index in [1.54, 1.807) is 21.9 Å². The van der Waals surface area contributed by atoms with Crippen molar-refractivity contribution in [3.8, 4) is 6.07 Å². The molecule has 0 unspecified atom stereocenters. The van der Waals surface area contributed by atoms with E-state index in [1.807, 2.05) is 13.8 Å². The molecule has 2 heterocycles. The van der Waals surface area contributed by atoms with Gasteiger partial charge in [-0.15, -0.1) is 0 Å². The highest BCUT2D eigenvalue weighted by atomic mass is 35.5. The lowest BCUT2D eigenvalue weighted by Crippen LogP contribution is -2.41. The van der Waals surface area contributed by atoms with Crippen molar-refractivity contribution in [1.82, 2.24) is 4.90 Å². The van der Waals surface area contributed by atoms with E-state index in [0.29, 0.717) is 23.6 Å². The van der Waals surface area contributed by atoms with Crippen LogP contribution in [0.25, 0.3) is 0 Å². The smallest absolute Gasteiger partial charge is 0.325 e. The zero-order chi connectivity index (χ0) is 16.0. The molecular weight excluding hydrogens is 302 g/mol. The van der Waals surface area contributed by atoms with Crippen LogP contribution in [0.5, 0.6) is 0 Å². The van der Waals surface area contributed by atoms with E-state index in [4.69, 9.17) is 16.9 Å². The topological polar surface area (TPSA) is 67.6 Å². The van der Waals surface area contributed by atoms with Gasteiger partial charge >= 0.3 is 6.03 Å². The summed E-state index contributed by atoms with van der Waals surface area (Å²) in [6.45, 7) is 4.42. The van der Waals surface area contributed by atoms with Gasteiger partial charge in [0.05, 0.1) is 34.5 Å². The number of carbonyl (C=O) groups is 1. The van der Waals surface area contributed by atoms with E-state index in [0.717, 1.165) is 17.7 Å². The van der Waals surface area contributed by atoms with Crippen LogP contribution in [0.4, 0.5) is 10.5 Å². The van der Waals surface area contributed by atoms with Crippen molar-refractivity contribution in [1.29, 1.82) is 5.26 Å². The lowest BCUT2D eigenvalue weighted by atomic mass is 10.00. The molecule has 22 heavy (non-hydrogen) atoms. The molecule has 0 aliphatic carbocycles. The summed E-state index contributed by atoms with van der Waals surface area (Å²) in [5.41, 5.74) is 1.86. The number of hydrogen-bond acceptors (Lipinski definition) is 3. The quantitative estimate of drug-likeness (QED) is 0.911. The second-order valence-corrected chi connectivity index (χ2v) is 6.23. The maximum atomic E-state index is 12.8. The van der Waals surface area contributed by atoms with E-state index in [2.05, 4.69) is 6.07 Å². The van der Waals surface area contributed by atoms with Crippen molar-refractivity contribution in [3.63, 3.8) is 0 Å². The second-order valence-electron chi connectivity index (χ2n) is 5.85. The molecule has 1 aromatic rings. The highest BCUT2D eigenvalue weighted by Gasteiger charge is 2.52. The average molecular weight is 320 g/mol. The van der Waals surface area contributed by atoms with Gasteiger partial charge < -0.3 is 10.0 Å². The molecule has 5 nitrogen and oxygen atoms in total. The monoisotopic (exact) mass is 319 g/mol. The second kappa shape index (κ2) is 5.45. The molecule has 3 atom stereocenters. The number of nitrogens with zero attached hydrogens (tertiary/aromatic N) is 3. The van der Waals surface area contributed by atoms with Crippen LogP contribution in [-0.4, -0.2) is 40.8 Å². The van der Waals surface area contributed by atoms with Crippen molar-refractivity contribution in [2.24, 2.45) is 0 Å². The van der Waals surface area contributed by atoms with Crippen LogP contribution in [-0.2, 0) is 0 Å². The SMILES string of the molecule is CC[C@H]1[C@@H]2[C@@H](O)CCN2C(=O)N1c1ccc(C#N)c(Cl)c1C. The van der Waals surface area contributed by atoms with Crippen molar-refractivity contribution >= 4 is 23.3 Å². The molecular formula is C16H18ClN3O2. The minimum Gasteiger partial charge on any atom is -0.391 e. The fourth-order valence-electron chi connectivity index (χ4n) is 3.65. The summed E-state index contributed by atoms with van der Waals surface area (Å²) in [6.07, 6.45) is 0.905. The first-order chi connectivity index (χ1) is 10.5. The van der Waals surface area contributed by atoms with Crippen molar-refractivity contribution in [2.45, 2.75) is 44.9 Å². The number of nitriles is 1. The number of amides is 2. The number of urea groups is 1. The Morgan fingerprint density at radius 2 is 2.23 bits per heavy atom. The Kier molecular flexibility index (Phi) is 3.75. The maximum Gasteiger partial charge on any atom is 0.325 e.